The van der Waals surface area contributed by atoms with Crippen LogP contribution in [-0.2, 0) is 5.54 Å². The third-order valence-corrected chi connectivity index (χ3v) is 4.40. The van der Waals surface area contributed by atoms with Gasteiger partial charge in [0.15, 0.2) is 0 Å². The molecule has 2 N–H and O–H groups in total. The number of nitrogens with two attached hydrogens (primary N) is 1. The predicted molar refractivity (Wildman–Crippen MR) is 56.4 cm³/mol. The number of thiophene rings is 1. The van der Waals surface area contributed by atoms with Crippen LogP contribution in [-0.4, -0.2) is 0 Å². The van der Waals surface area contributed by atoms with Crippen LogP contribution < -0.4 is 5.73 Å². The van der Waals surface area contributed by atoms with E-state index in [1.165, 1.54) is 21.5 Å². The molecule has 0 spiro atoms. The topological polar surface area (TPSA) is 26.0 Å². The van der Waals surface area contributed by atoms with Crippen molar-refractivity contribution >= 4 is 27.3 Å². The molecule has 2 rings (SSSR count). The molecule has 1 aliphatic carbocycles. The maximum atomic E-state index is 6.28. The Morgan fingerprint density at radius 1 is 1.33 bits per heavy atom. The summed E-state index contributed by atoms with van der Waals surface area (Å²) in [5.74, 6) is 0. The summed E-state index contributed by atoms with van der Waals surface area (Å²) < 4.78 is 1.19. The second-order valence-electron chi connectivity index (χ2n) is 3.47. The van der Waals surface area contributed by atoms with E-state index in [4.69, 9.17) is 5.73 Å². The second kappa shape index (κ2) is 3.13. The molecule has 0 aliphatic heterocycles. The Morgan fingerprint density at radius 2 is 2.00 bits per heavy atom. The molecule has 1 aliphatic rings. The van der Waals surface area contributed by atoms with E-state index < -0.39 is 0 Å². The second-order valence-corrected chi connectivity index (χ2v) is 5.93. The van der Waals surface area contributed by atoms with Crippen molar-refractivity contribution in [1.29, 1.82) is 0 Å². The highest BCUT2D eigenvalue weighted by Gasteiger charge is 2.32. The van der Waals surface area contributed by atoms with Crippen LogP contribution in [0.3, 0.4) is 0 Å². The van der Waals surface area contributed by atoms with E-state index in [9.17, 15) is 0 Å². The Balaban J connectivity index is 2.28. The first-order valence-corrected chi connectivity index (χ1v) is 5.86. The Bertz CT molecular complexity index is 276. The summed E-state index contributed by atoms with van der Waals surface area (Å²) in [5.41, 5.74) is 6.28. The van der Waals surface area contributed by atoms with E-state index in [-0.39, 0.29) is 5.54 Å². The van der Waals surface area contributed by atoms with Crippen LogP contribution >= 0.6 is 27.3 Å². The normalized spacial score (nSPS) is 21.5. The van der Waals surface area contributed by atoms with Crippen molar-refractivity contribution in [3.8, 4) is 0 Å². The molecule has 0 unspecified atom stereocenters. The van der Waals surface area contributed by atoms with Gasteiger partial charge in [0.05, 0.1) is 9.33 Å². The molecule has 0 bridgehead atoms. The lowest BCUT2D eigenvalue weighted by Crippen LogP contribution is -2.31. The van der Waals surface area contributed by atoms with Gasteiger partial charge in [0.1, 0.15) is 0 Å². The molecular weight excluding hydrogens is 234 g/mol. The van der Waals surface area contributed by atoms with E-state index in [0.717, 1.165) is 12.8 Å². The average Bonchev–Trinajstić information content (AvgIpc) is 2.59. The van der Waals surface area contributed by atoms with Crippen LogP contribution in [0.2, 0.25) is 0 Å². The van der Waals surface area contributed by atoms with Gasteiger partial charge >= 0.3 is 0 Å². The van der Waals surface area contributed by atoms with Gasteiger partial charge in [0, 0.05) is 4.88 Å². The molecule has 0 atom stereocenters. The summed E-state index contributed by atoms with van der Waals surface area (Å²) in [6.45, 7) is 0. The van der Waals surface area contributed by atoms with Crippen molar-refractivity contribution in [2.24, 2.45) is 5.73 Å². The fraction of sp³-hybridized carbons (Fsp3) is 0.556. The monoisotopic (exact) mass is 245 g/mol. The summed E-state index contributed by atoms with van der Waals surface area (Å²) in [6, 6.07) is 4.24. The Morgan fingerprint density at radius 3 is 2.50 bits per heavy atom. The lowest BCUT2D eigenvalue weighted by atomic mass is 9.97. The molecule has 1 nitrogen and oxygen atoms in total. The minimum Gasteiger partial charge on any atom is -0.321 e. The Hall–Kier alpha value is 0.140. The van der Waals surface area contributed by atoms with Crippen molar-refractivity contribution in [2.45, 2.75) is 31.2 Å². The highest BCUT2D eigenvalue weighted by molar-refractivity contribution is 9.11. The minimum atomic E-state index is -0.00329. The molecule has 1 heterocycles. The zero-order valence-corrected chi connectivity index (χ0v) is 9.25. The molecule has 66 valence electrons. The fourth-order valence-electron chi connectivity index (χ4n) is 1.83. The first-order valence-electron chi connectivity index (χ1n) is 4.25. The van der Waals surface area contributed by atoms with E-state index in [2.05, 4.69) is 28.1 Å². The highest BCUT2D eigenvalue weighted by atomic mass is 79.9. The molecule has 12 heavy (non-hydrogen) atoms. The largest absolute Gasteiger partial charge is 0.321 e. The first-order chi connectivity index (χ1) is 5.71. The van der Waals surface area contributed by atoms with Gasteiger partial charge < -0.3 is 5.73 Å². The van der Waals surface area contributed by atoms with Crippen molar-refractivity contribution in [1.82, 2.24) is 0 Å². The van der Waals surface area contributed by atoms with Gasteiger partial charge in [-0.15, -0.1) is 11.3 Å². The van der Waals surface area contributed by atoms with E-state index >= 15 is 0 Å². The summed E-state index contributed by atoms with van der Waals surface area (Å²) in [5, 5.41) is 0. The fourth-order valence-corrected chi connectivity index (χ4v) is 3.38. The van der Waals surface area contributed by atoms with Gasteiger partial charge in [0.25, 0.3) is 0 Å². The highest BCUT2D eigenvalue weighted by Crippen LogP contribution is 2.40. The lowest BCUT2D eigenvalue weighted by Gasteiger charge is -2.21. The van der Waals surface area contributed by atoms with Gasteiger partial charge in [-0.3, -0.25) is 0 Å². The first kappa shape index (κ1) is 8.73. The van der Waals surface area contributed by atoms with Gasteiger partial charge in [-0.1, -0.05) is 12.8 Å². The molecule has 1 fully saturated rings. The molecule has 1 aromatic rings. The molecule has 0 amide bonds. The van der Waals surface area contributed by atoms with E-state index in [0.29, 0.717) is 0 Å². The molecule has 1 saturated carbocycles. The molecule has 0 saturated heterocycles. The standard InChI is InChI=1S/C9H12BrNS/c10-8-4-3-7(12-8)9(11)5-1-2-6-9/h3-4H,1-2,5-6,11H2. The minimum absolute atomic E-state index is 0.00329. The summed E-state index contributed by atoms with van der Waals surface area (Å²) in [6.07, 6.45) is 4.87. The van der Waals surface area contributed by atoms with E-state index in [1.54, 1.807) is 11.3 Å². The quantitative estimate of drug-likeness (QED) is 0.808. The van der Waals surface area contributed by atoms with E-state index in [1.807, 2.05) is 0 Å². The maximum absolute atomic E-state index is 6.28. The number of halogens is 1. The molecular formula is C9H12BrNS. The van der Waals surface area contributed by atoms with Crippen LogP contribution in [0.5, 0.6) is 0 Å². The van der Waals surface area contributed by atoms with Crippen LogP contribution in [0.25, 0.3) is 0 Å². The average molecular weight is 246 g/mol. The third-order valence-electron chi connectivity index (χ3n) is 2.56. The van der Waals surface area contributed by atoms with Crippen LogP contribution in [0.1, 0.15) is 30.6 Å². The summed E-state index contributed by atoms with van der Waals surface area (Å²) in [4.78, 5) is 1.34. The van der Waals surface area contributed by atoms with Crippen molar-refractivity contribution < 1.29 is 0 Å². The molecule has 0 aromatic carbocycles. The van der Waals surface area contributed by atoms with Gasteiger partial charge in [0.2, 0.25) is 0 Å². The Labute approximate surface area is 85.1 Å². The van der Waals surface area contributed by atoms with Gasteiger partial charge in [-0.05, 0) is 40.9 Å². The van der Waals surface area contributed by atoms with Crippen LogP contribution in [0.4, 0.5) is 0 Å². The zero-order valence-electron chi connectivity index (χ0n) is 6.85. The molecule has 3 heteroatoms. The number of hydrogen-bond donors (Lipinski definition) is 1. The SMILES string of the molecule is NC1(c2ccc(Br)s2)CCCC1. The predicted octanol–water partition coefficient (Wildman–Crippen LogP) is 3.24. The number of hydrogen-bond acceptors (Lipinski definition) is 2. The smallest absolute Gasteiger partial charge is 0.0702 e. The molecule has 1 aromatic heterocycles. The van der Waals surface area contributed by atoms with Crippen molar-refractivity contribution in [3.63, 3.8) is 0 Å². The lowest BCUT2D eigenvalue weighted by molar-refractivity contribution is 0.472. The van der Waals surface area contributed by atoms with Crippen molar-refractivity contribution in [3.05, 3.63) is 20.8 Å². The molecule has 0 radical (unpaired) electrons. The maximum Gasteiger partial charge on any atom is 0.0702 e. The van der Waals surface area contributed by atoms with Gasteiger partial charge in [-0.2, -0.15) is 0 Å². The summed E-state index contributed by atoms with van der Waals surface area (Å²) in [7, 11) is 0. The van der Waals surface area contributed by atoms with Gasteiger partial charge in [-0.25, -0.2) is 0 Å². The third kappa shape index (κ3) is 1.45. The number of rotatable bonds is 1. The van der Waals surface area contributed by atoms with Crippen LogP contribution in [0.15, 0.2) is 15.9 Å². The van der Waals surface area contributed by atoms with Crippen molar-refractivity contribution in [2.75, 3.05) is 0 Å². The van der Waals surface area contributed by atoms with Crippen LogP contribution in [0, 0.1) is 0 Å². The Kier molecular flexibility index (Phi) is 2.27. The zero-order chi connectivity index (χ0) is 8.60. The summed E-state index contributed by atoms with van der Waals surface area (Å²) >= 11 is 5.24.